The van der Waals surface area contributed by atoms with E-state index in [4.69, 9.17) is 0 Å². The van der Waals surface area contributed by atoms with Crippen molar-refractivity contribution in [2.45, 2.75) is 51.1 Å². The first-order valence-electron chi connectivity index (χ1n) is 8.78. The number of amides is 1. The highest BCUT2D eigenvalue weighted by molar-refractivity contribution is 7.86. The maximum absolute atomic E-state index is 12.7. The molecular weight excluding hydrogens is 316 g/mol. The van der Waals surface area contributed by atoms with E-state index in [0.717, 1.165) is 32.1 Å². The second-order valence-corrected chi connectivity index (χ2v) is 8.79. The number of hydrogen-bond donors (Lipinski definition) is 1. The van der Waals surface area contributed by atoms with Crippen molar-refractivity contribution in [2.75, 3.05) is 39.3 Å². The summed E-state index contributed by atoms with van der Waals surface area (Å²) >= 11 is 0. The molecule has 3 fully saturated rings. The lowest BCUT2D eigenvalue weighted by molar-refractivity contribution is -0.126. The van der Waals surface area contributed by atoms with E-state index in [1.165, 1.54) is 0 Å². The van der Waals surface area contributed by atoms with Gasteiger partial charge in [-0.25, -0.2) is 0 Å². The summed E-state index contributed by atoms with van der Waals surface area (Å²) in [5.41, 5.74) is 0. The molecular formula is C15H28N4O3S. The molecule has 1 aliphatic carbocycles. The lowest BCUT2D eigenvalue weighted by atomic mass is 10.2. The van der Waals surface area contributed by atoms with Gasteiger partial charge in [0.25, 0.3) is 10.2 Å². The molecule has 0 aromatic carbocycles. The summed E-state index contributed by atoms with van der Waals surface area (Å²) in [6, 6.07) is 0.182. The van der Waals surface area contributed by atoms with Gasteiger partial charge in [0.2, 0.25) is 5.91 Å². The largest absolute Gasteiger partial charge is 0.352 e. The molecule has 1 N–H and O–H groups in total. The number of rotatable bonds is 5. The number of carbonyl (C=O) groups is 1. The van der Waals surface area contributed by atoms with Crippen molar-refractivity contribution in [3.05, 3.63) is 0 Å². The number of piperazine rings is 1. The Labute approximate surface area is 139 Å². The van der Waals surface area contributed by atoms with Crippen LogP contribution in [0.1, 0.15) is 39.0 Å². The first kappa shape index (κ1) is 17.1. The maximum Gasteiger partial charge on any atom is 0.282 e. The molecule has 8 heteroatoms. The molecule has 132 valence electrons. The smallest absolute Gasteiger partial charge is 0.282 e. The van der Waals surface area contributed by atoms with Crippen molar-refractivity contribution in [3.63, 3.8) is 0 Å². The van der Waals surface area contributed by atoms with Crippen molar-refractivity contribution in [2.24, 2.45) is 0 Å². The molecule has 3 rings (SSSR count). The van der Waals surface area contributed by atoms with Crippen molar-refractivity contribution in [3.8, 4) is 0 Å². The summed E-state index contributed by atoms with van der Waals surface area (Å²) in [6.45, 7) is 5.37. The van der Waals surface area contributed by atoms with E-state index in [0.29, 0.717) is 45.3 Å². The Morgan fingerprint density at radius 2 is 1.52 bits per heavy atom. The third-order valence-corrected chi connectivity index (χ3v) is 7.13. The fourth-order valence-corrected chi connectivity index (χ4v) is 4.97. The van der Waals surface area contributed by atoms with Gasteiger partial charge in [0.1, 0.15) is 0 Å². The van der Waals surface area contributed by atoms with E-state index >= 15 is 0 Å². The van der Waals surface area contributed by atoms with Gasteiger partial charge in [-0.15, -0.1) is 0 Å². The lowest BCUT2D eigenvalue weighted by Crippen LogP contribution is -2.57. The Bertz CT molecular complexity index is 521. The molecule has 2 heterocycles. The average Bonchev–Trinajstić information content (AvgIpc) is 3.39. The molecule has 0 spiro atoms. The zero-order valence-corrected chi connectivity index (χ0v) is 14.7. The van der Waals surface area contributed by atoms with E-state index < -0.39 is 10.2 Å². The van der Waals surface area contributed by atoms with Gasteiger partial charge in [-0.3, -0.25) is 9.69 Å². The Morgan fingerprint density at radius 3 is 2.09 bits per heavy atom. The van der Waals surface area contributed by atoms with Crippen molar-refractivity contribution in [1.29, 1.82) is 0 Å². The van der Waals surface area contributed by atoms with Gasteiger partial charge >= 0.3 is 0 Å². The summed E-state index contributed by atoms with van der Waals surface area (Å²) in [5.74, 6) is 0.0693. The second kappa shape index (κ2) is 7.04. The molecule has 23 heavy (non-hydrogen) atoms. The topological polar surface area (TPSA) is 73.0 Å². The highest BCUT2D eigenvalue weighted by Crippen LogP contribution is 2.20. The predicted molar refractivity (Wildman–Crippen MR) is 88.1 cm³/mol. The van der Waals surface area contributed by atoms with E-state index in [1.807, 2.05) is 6.92 Å². The fourth-order valence-electron chi connectivity index (χ4n) is 3.30. The monoisotopic (exact) mass is 344 g/mol. The Balaban J connectivity index is 1.51. The molecule has 1 atom stereocenters. The number of nitrogens with one attached hydrogen (secondary N) is 1. The quantitative estimate of drug-likeness (QED) is 0.762. The minimum absolute atomic E-state index is 0.0693. The summed E-state index contributed by atoms with van der Waals surface area (Å²) in [5, 5.41) is 3.02. The van der Waals surface area contributed by atoms with Crippen LogP contribution in [0, 0.1) is 0 Å². The van der Waals surface area contributed by atoms with Crippen LogP contribution in [0.5, 0.6) is 0 Å². The molecule has 3 aliphatic rings. The van der Waals surface area contributed by atoms with Crippen LogP contribution in [-0.2, 0) is 15.0 Å². The van der Waals surface area contributed by atoms with Crippen LogP contribution in [0.4, 0.5) is 0 Å². The minimum Gasteiger partial charge on any atom is -0.352 e. The normalized spacial score (nSPS) is 26.8. The zero-order valence-electron chi connectivity index (χ0n) is 13.9. The van der Waals surface area contributed by atoms with Crippen LogP contribution < -0.4 is 5.32 Å². The summed E-state index contributed by atoms with van der Waals surface area (Å²) in [4.78, 5) is 14.2. The predicted octanol–water partition coefficient (Wildman–Crippen LogP) is 0.00180. The molecule has 2 saturated heterocycles. The van der Waals surface area contributed by atoms with E-state index in [9.17, 15) is 13.2 Å². The zero-order chi connectivity index (χ0) is 16.4. The van der Waals surface area contributed by atoms with Crippen LogP contribution in [0.3, 0.4) is 0 Å². The summed E-state index contributed by atoms with van der Waals surface area (Å²) < 4.78 is 28.5. The van der Waals surface area contributed by atoms with Crippen molar-refractivity contribution in [1.82, 2.24) is 18.8 Å². The van der Waals surface area contributed by atoms with E-state index in [-0.39, 0.29) is 11.9 Å². The molecule has 0 unspecified atom stereocenters. The second-order valence-electron chi connectivity index (χ2n) is 6.86. The van der Waals surface area contributed by atoms with Gasteiger partial charge in [0.15, 0.2) is 0 Å². The van der Waals surface area contributed by atoms with Gasteiger partial charge < -0.3 is 5.32 Å². The number of carbonyl (C=O) groups excluding carboxylic acids is 1. The molecule has 7 nitrogen and oxygen atoms in total. The average molecular weight is 344 g/mol. The number of nitrogens with zero attached hydrogens (tertiary/aromatic N) is 3. The van der Waals surface area contributed by atoms with Crippen molar-refractivity contribution < 1.29 is 13.2 Å². The third-order valence-electron chi connectivity index (χ3n) is 5.09. The standard InChI is InChI=1S/C15H28N4O3S/c1-13(15(20)16-14-5-6-14)17-9-11-19(12-10-17)23(21,22)18-7-3-2-4-8-18/h13-14H,2-12H2,1H3,(H,16,20)/t13-/m0/s1. The van der Waals surface area contributed by atoms with Gasteiger partial charge in [0, 0.05) is 45.3 Å². The van der Waals surface area contributed by atoms with Gasteiger partial charge in [0.05, 0.1) is 6.04 Å². The molecule has 0 aromatic heterocycles. The van der Waals surface area contributed by atoms with Crippen LogP contribution in [0.25, 0.3) is 0 Å². The molecule has 0 radical (unpaired) electrons. The SMILES string of the molecule is C[C@@H](C(=O)NC1CC1)N1CCN(S(=O)(=O)N2CCCCC2)CC1. The van der Waals surface area contributed by atoms with Gasteiger partial charge in [-0.2, -0.15) is 17.0 Å². The van der Waals surface area contributed by atoms with Gasteiger partial charge in [-0.05, 0) is 32.6 Å². The van der Waals surface area contributed by atoms with Crippen LogP contribution in [0.15, 0.2) is 0 Å². The van der Waals surface area contributed by atoms with E-state index in [1.54, 1.807) is 8.61 Å². The summed E-state index contributed by atoms with van der Waals surface area (Å²) in [7, 11) is -3.32. The summed E-state index contributed by atoms with van der Waals surface area (Å²) in [6.07, 6.45) is 5.20. The molecule has 2 aliphatic heterocycles. The fraction of sp³-hybridized carbons (Fsp3) is 0.933. The van der Waals surface area contributed by atoms with E-state index in [2.05, 4.69) is 10.2 Å². The first-order valence-corrected chi connectivity index (χ1v) is 10.2. The Hall–Kier alpha value is -0.700. The third kappa shape index (κ3) is 4.04. The maximum atomic E-state index is 12.7. The highest BCUT2D eigenvalue weighted by atomic mass is 32.2. The molecule has 0 bridgehead atoms. The van der Waals surface area contributed by atoms with Crippen molar-refractivity contribution >= 4 is 16.1 Å². The lowest BCUT2D eigenvalue weighted by Gasteiger charge is -2.39. The number of piperidine rings is 1. The number of hydrogen-bond acceptors (Lipinski definition) is 4. The molecule has 0 aromatic rings. The molecule has 1 saturated carbocycles. The Morgan fingerprint density at radius 1 is 0.957 bits per heavy atom. The Kier molecular flexibility index (Phi) is 5.25. The molecule has 1 amide bonds. The van der Waals surface area contributed by atoms with Gasteiger partial charge in [-0.1, -0.05) is 6.42 Å². The highest BCUT2D eigenvalue weighted by Gasteiger charge is 2.35. The first-order chi connectivity index (χ1) is 11.0. The van der Waals surface area contributed by atoms with Crippen LogP contribution in [0.2, 0.25) is 0 Å². The van der Waals surface area contributed by atoms with Crippen LogP contribution >= 0.6 is 0 Å². The van der Waals surface area contributed by atoms with Crippen LogP contribution in [-0.4, -0.2) is 79.2 Å². The minimum atomic E-state index is -3.32.